The fraction of sp³-hybridized carbons (Fsp3) is 0.278. The Morgan fingerprint density at radius 1 is 1.04 bits per heavy atom. The van der Waals surface area contributed by atoms with Gasteiger partial charge in [-0.1, -0.05) is 6.07 Å². The highest BCUT2D eigenvalue weighted by atomic mass is 16.6. The third-order valence-electron chi connectivity index (χ3n) is 4.55. The molecule has 3 rings (SSSR count). The average Bonchev–Trinajstić information content (AvgIpc) is 3.17. The van der Waals surface area contributed by atoms with E-state index in [0.29, 0.717) is 11.3 Å². The molecule has 0 saturated carbocycles. The molecule has 9 heteroatoms. The molecule has 1 saturated heterocycles. The summed E-state index contributed by atoms with van der Waals surface area (Å²) in [5.41, 5.74) is 1.25. The van der Waals surface area contributed by atoms with Gasteiger partial charge in [0.05, 0.1) is 21.1 Å². The highest BCUT2D eigenvalue weighted by molar-refractivity contribution is 6.08. The SMILES string of the molecule is Cc1ccc(NC(=O)c2cc([N+](=O)[O-])ccc2N2CCCC2)cc1[N+](=O)[O-]. The van der Waals surface area contributed by atoms with E-state index in [0.717, 1.165) is 25.9 Å². The molecule has 0 bridgehead atoms. The number of non-ortho nitro benzene ring substituents is 1. The van der Waals surface area contributed by atoms with Gasteiger partial charge in [0.15, 0.2) is 0 Å². The number of nitrogens with one attached hydrogen (secondary N) is 1. The maximum Gasteiger partial charge on any atom is 0.274 e. The van der Waals surface area contributed by atoms with E-state index in [4.69, 9.17) is 0 Å². The number of anilines is 2. The fourth-order valence-electron chi connectivity index (χ4n) is 3.14. The normalized spacial score (nSPS) is 13.4. The van der Waals surface area contributed by atoms with Crippen LogP contribution in [0.15, 0.2) is 36.4 Å². The Labute approximate surface area is 154 Å². The number of aryl methyl sites for hydroxylation is 1. The molecular formula is C18H18N4O5. The molecule has 0 atom stereocenters. The van der Waals surface area contributed by atoms with E-state index in [1.54, 1.807) is 25.1 Å². The third kappa shape index (κ3) is 3.86. The van der Waals surface area contributed by atoms with Gasteiger partial charge in [0.1, 0.15) is 0 Å². The van der Waals surface area contributed by atoms with Crippen molar-refractivity contribution in [1.29, 1.82) is 0 Å². The number of nitro groups is 2. The van der Waals surface area contributed by atoms with Crippen LogP contribution in [-0.4, -0.2) is 28.8 Å². The van der Waals surface area contributed by atoms with Gasteiger partial charge in [0, 0.05) is 42.5 Å². The number of carbonyl (C=O) groups excluding carboxylic acids is 1. The van der Waals surface area contributed by atoms with Crippen molar-refractivity contribution in [2.24, 2.45) is 0 Å². The molecule has 2 aromatic carbocycles. The minimum Gasteiger partial charge on any atom is -0.371 e. The summed E-state index contributed by atoms with van der Waals surface area (Å²) in [6.45, 7) is 3.15. The lowest BCUT2D eigenvalue weighted by Crippen LogP contribution is -2.23. The number of nitrogens with zero attached hydrogens (tertiary/aromatic N) is 3. The molecule has 140 valence electrons. The van der Waals surface area contributed by atoms with Crippen LogP contribution in [0.3, 0.4) is 0 Å². The monoisotopic (exact) mass is 370 g/mol. The molecule has 0 aliphatic carbocycles. The number of hydrogen-bond acceptors (Lipinski definition) is 6. The maximum absolute atomic E-state index is 12.8. The van der Waals surface area contributed by atoms with E-state index in [-0.39, 0.29) is 22.6 Å². The van der Waals surface area contributed by atoms with Crippen LogP contribution in [0, 0.1) is 27.2 Å². The van der Waals surface area contributed by atoms with Gasteiger partial charge >= 0.3 is 0 Å². The van der Waals surface area contributed by atoms with Crippen molar-refractivity contribution in [2.45, 2.75) is 19.8 Å². The van der Waals surface area contributed by atoms with Crippen LogP contribution < -0.4 is 10.2 Å². The van der Waals surface area contributed by atoms with Gasteiger partial charge in [0.2, 0.25) is 0 Å². The molecule has 0 radical (unpaired) electrons. The van der Waals surface area contributed by atoms with E-state index in [1.807, 2.05) is 4.90 Å². The predicted molar refractivity (Wildman–Crippen MR) is 100 cm³/mol. The number of amides is 1. The molecule has 1 amide bonds. The predicted octanol–water partition coefficient (Wildman–Crippen LogP) is 3.66. The Kier molecular flexibility index (Phi) is 5.02. The topological polar surface area (TPSA) is 119 Å². The van der Waals surface area contributed by atoms with Crippen molar-refractivity contribution in [2.75, 3.05) is 23.3 Å². The van der Waals surface area contributed by atoms with Crippen LogP contribution in [-0.2, 0) is 0 Å². The minimum atomic E-state index is -0.554. The second-order valence-electron chi connectivity index (χ2n) is 6.37. The smallest absolute Gasteiger partial charge is 0.274 e. The van der Waals surface area contributed by atoms with E-state index in [2.05, 4.69) is 5.32 Å². The van der Waals surface area contributed by atoms with E-state index >= 15 is 0 Å². The summed E-state index contributed by atoms with van der Waals surface area (Å²) in [5.74, 6) is -0.543. The summed E-state index contributed by atoms with van der Waals surface area (Å²) in [4.78, 5) is 35.9. The molecule has 1 heterocycles. The first-order chi connectivity index (χ1) is 12.9. The van der Waals surface area contributed by atoms with Crippen LogP contribution in [0.2, 0.25) is 0 Å². The molecule has 2 aromatic rings. The van der Waals surface area contributed by atoms with Crippen LogP contribution in [0.4, 0.5) is 22.7 Å². The van der Waals surface area contributed by atoms with Crippen LogP contribution in [0.25, 0.3) is 0 Å². The molecule has 0 spiro atoms. The zero-order valence-electron chi connectivity index (χ0n) is 14.7. The fourth-order valence-corrected chi connectivity index (χ4v) is 3.14. The first-order valence-corrected chi connectivity index (χ1v) is 8.46. The summed E-state index contributed by atoms with van der Waals surface area (Å²) in [6.07, 6.45) is 1.98. The molecule has 1 fully saturated rings. The lowest BCUT2D eigenvalue weighted by molar-refractivity contribution is -0.385. The summed E-state index contributed by atoms with van der Waals surface area (Å²) in [5, 5.41) is 24.8. The Balaban J connectivity index is 1.95. The standard InChI is InChI=1S/C18H18N4O5/c1-12-4-5-13(10-17(12)22(26)27)19-18(23)15-11-14(21(24)25)6-7-16(15)20-8-2-3-9-20/h4-7,10-11H,2-3,8-9H2,1H3,(H,19,23). The Morgan fingerprint density at radius 2 is 1.74 bits per heavy atom. The average molecular weight is 370 g/mol. The van der Waals surface area contributed by atoms with Gasteiger partial charge in [-0.05, 0) is 31.9 Å². The largest absolute Gasteiger partial charge is 0.371 e. The van der Waals surface area contributed by atoms with Gasteiger partial charge in [0.25, 0.3) is 17.3 Å². The number of rotatable bonds is 5. The molecule has 0 unspecified atom stereocenters. The van der Waals surface area contributed by atoms with Crippen LogP contribution in [0.5, 0.6) is 0 Å². The van der Waals surface area contributed by atoms with Crippen molar-refractivity contribution in [1.82, 2.24) is 0 Å². The molecule has 27 heavy (non-hydrogen) atoms. The summed E-state index contributed by atoms with van der Waals surface area (Å²) in [7, 11) is 0. The quantitative estimate of drug-likeness (QED) is 0.634. The van der Waals surface area contributed by atoms with Crippen molar-refractivity contribution in [3.05, 3.63) is 67.8 Å². The number of benzene rings is 2. The van der Waals surface area contributed by atoms with Crippen molar-refractivity contribution in [3.8, 4) is 0 Å². The zero-order valence-corrected chi connectivity index (χ0v) is 14.7. The van der Waals surface area contributed by atoms with Gasteiger partial charge in [-0.2, -0.15) is 0 Å². The zero-order chi connectivity index (χ0) is 19.6. The molecule has 1 aliphatic rings. The molecule has 0 aromatic heterocycles. The minimum absolute atomic E-state index is 0.105. The second-order valence-corrected chi connectivity index (χ2v) is 6.37. The Hall–Kier alpha value is -3.49. The van der Waals surface area contributed by atoms with E-state index in [1.165, 1.54) is 18.2 Å². The molecule has 1 N–H and O–H groups in total. The Morgan fingerprint density at radius 3 is 2.37 bits per heavy atom. The van der Waals surface area contributed by atoms with Gasteiger partial charge in [-0.25, -0.2) is 0 Å². The molecular weight excluding hydrogens is 352 g/mol. The van der Waals surface area contributed by atoms with Crippen LogP contribution >= 0.6 is 0 Å². The number of carbonyl (C=O) groups is 1. The lowest BCUT2D eigenvalue weighted by Gasteiger charge is -2.21. The molecule has 1 aliphatic heterocycles. The highest BCUT2D eigenvalue weighted by Crippen LogP contribution is 2.30. The second kappa shape index (κ2) is 7.40. The number of nitro benzene ring substituents is 2. The summed E-state index contributed by atoms with van der Waals surface area (Å²) < 4.78 is 0. The van der Waals surface area contributed by atoms with Gasteiger partial charge in [-0.15, -0.1) is 0 Å². The number of hydrogen-bond donors (Lipinski definition) is 1. The first kappa shape index (κ1) is 18.3. The van der Waals surface area contributed by atoms with Crippen molar-refractivity contribution >= 4 is 28.7 Å². The lowest BCUT2D eigenvalue weighted by atomic mass is 10.1. The molecule has 9 nitrogen and oxygen atoms in total. The Bertz CT molecular complexity index is 922. The maximum atomic E-state index is 12.8. The van der Waals surface area contributed by atoms with Gasteiger partial charge in [-0.3, -0.25) is 25.0 Å². The first-order valence-electron chi connectivity index (χ1n) is 8.46. The van der Waals surface area contributed by atoms with Crippen LogP contribution in [0.1, 0.15) is 28.8 Å². The van der Waals surface area contributed by atoms with Gasteiger partial charge < -0.3 is 10.2 Å². The highest BCUT2D eigenvalue weighted by Gasteiger charge is 2.23. The third-order valence-corrected chi connectivity index (χ3v) is 4.55. The van der Waals surface area contributed by atoms with E-state index < -0.39 is 15.8 Å². The summed E-state index contributed by atoms with van der Waals surface area (Å²) >= 11 is 0. The van der Waals surface area contributed by atoms with Crippen molar-refractivity contribution < 1.29 is 14.6 Å². The summed E-state index contributed by atoms with van der Waals surface area (Å²) in [6, 6.07) is 8.58. The van der Waals surface area contributed by atoms with Crippen molar-refractivity contribution in [3.63, 3.8) is 0 Å². The van der Waals surface area contributed by atoms with E-state index in [9.17, 15) is 25.0 Å².